The van der Waals surface area contributed by atoms with E-state index in [4.69, 9.17) is 16.3 Å². The number of benzene rings is 2. The standard InChI is InChI=1S/C19H14ClN5O3S/c1-29(26,27)19-21-10-15-17(25-19)18(23-11-22-15)24-12-7-8-16(14(20)9-12)28-13-5-3-2-4-6-13/h2-11H,1H3,(H,22,23,24). The molecule has 0 aliphatic carbocycles. The highest BCUT2D eigenvalue weighted by atomic mass is 35.5. The van der Waals surface area contributed by atoms with Crippen LogP contribution in [-0.4, -0.2) is 34.6 Å². The quantitative estimate of drug-likeness (QED) is 0.476. The first kappa shape index (κ1) is 19.0. The zero-order valence-electron chi connectivity index (χ0n) is 15.1. The van der Waals surface area contributed by atoms with Gasteiger partial charge in [0.05, 0.1) is 11.2 Å². The van der Waals surface area contributed by atoms with Crippen LogP contribution in [0.15, 0.2) is 66.2 Å². The lowest BCUT2D eigenvalue weighted by atomic mass is 10.3. The number of hydrogen-bond acceptors (Lipinski definition) is 8. The monoisotopic (exact) mass is 427 g/mol. The van der Waals surface area contributed by atoms with Crippen LogP contribution in [0.2, 0.25) is 5.02 Å². The number of rotatable bonds is 5. The summed E-state index contributed by atoms with van der Waals surface area (Å²) in [4.78, 5) is 16.2. The number of halogens is 1. The molecule has 29 heavy (non-hydrogen) atoms. The zero-order valence-corrected chi connectivity index (χ0v) is 16.6. The Morgan fingerprint density at radius 2 is 1.83 bits per heavy atom. The van der Waals surface area contributed by atoms with Crippen molar-refractivity contribution in [2.75, 3.05) is 11.6 Å². The van der Waals surface area contributed by atoms with Gasteiger partial charge in [-0.1, -0.05) is 29.8 Å². The maximum absolute atomic E-state index is 11.8. The van der Waals surface area contributed by atoms with Gasteiger partial charge in [0.2, 0.25) is 15.0 Å². The van der Waals surface area contributed by atoms with Gasteiger partial charge in [-0.3, -0.25) is 0 Å². The molecule has 0 fully saturated rings. The highest BCUT2D eigenvalue weighted by Gasteiger charge is 2.15. The van der Waals surface area contributed by atoms with Crippen LogP contribution < -0.4 is 10.1 Å². The fourth-order valence-corrected chi connectivity index (χ4v) is 3.24. The Bertz CT molecular complexity index is 1300. The molecule has 0 amide bonds. The van der Waals surface area contributed by atoms with Crippen LogP contribution in [0, 0.1) is 0 Å². The molecule has 0 radical (unpaired) electrons. The lowest BCUT2D eigenvalue weighted by Gasteiger charge is -2.11. The van der Waals surface area contributed by atoms with E-state index in [0.29, 0.717) is 33.5 Å². The topological polar surface area (TPSA) is 107 Å². The van der Waals surface area contributed by atoms with Crippen molar-refractivity contribution in [1.29, 1.82) is 0 Å². The van der Waals surface area contributed by atoms with Crippen molar-refractivity contribution in [3.8, 4) is 11.5 Å². The number of nitrogens with zero attached hydrogens (tertiary/aromatic N) is 4. The highest BCUT2D eigenvalue weighted by Crippen LogP contribution is 2.33. The van der Waals surface area contributed by atoms with E-state index in [9.17, 15) is 8.42 Å². The number of fused-ring (bicyclic) bond motifs is 1. The van der Waals surface area contributed by atoms with Crippen molar-refractivity contribution < 1.29 is 13.2 Å². The summed E-state index contributed by atoms with van der Waals surface area (Å²) in [5.41, 5.74) is 1.31. The molecular formula is C19H14ClN5O3S. The highest BCUT2D eigenvalue weighted by molar-refractivity contribution is 7.90. The molecule has 2 heterocycles. The van der Waals surface area contributed by atoms with E-state index in [1.807, 2.05) is 30.3 Å². The summed E-state index contributed by atoms with van der Waals surface area (Å²) >= 11 is 6.35. The molecule has 0 aliphatic rings. The van der Waals surface area contributed by atoms with Gasteiger partial charge in [0.1, 0.15) is 28.9 Å². The second-order valence-corrected chi connectivity index (χ2v) is 8.38. The van der Waals surface area contributed by atoms with Gasteiger partial charge in [0.15, 0.2) is 5.82 Å². The molecule has 0 atom stereocenters. The Labute approximate surface area is 171 Å². The molecule has 146 valence electrons. The van der Waals surface area contributed by atoms with Crippen LogP contribution in [0.4, 0.5) is 11.5 Å². The Morgan fingerprint density at radius 3 is 2.55 bits per heavy atom. The molecule has 1 N–H and O–H groups in total. The fraction of sp³-hybridized carbons (Fsp3) is 0.0526. The molecule has 0 unspecified atom stereocenters. The van der Waals surface area contributed by atoms with Gasteiger partial charge in [-0.2, -0.15) is 0 Å². The first-order valence-electron chi connectivity index (χ1n) is 8.37. The van der Waals surface area contributed by atoms with Gasteiger partial charge in [-0.25, -0.2) is 28.4 Å². The van der Waals surface area contributed by atoms with Crippen molar-refractivity contribution in [3.63, 3.8) is 0 Å². The maximum atomic E-state index is 11.8. The molecule has 4 aromatic rings. The number of anilines is 2. The summed E-state index contributed by atoms with van der Waals surface area (Å²) in [7, 11) is -3.57. The summed E-state index contributed by atoms with van der Waals surface area (Å²) in [5, 5.41) is 3.17. The summed E-state index contributed by atoms with van der Waals surface area (Å²) in [5.74, 6) is 1.50. The Kier molecular flexibility index (Phi) is 4.99. The van der Waals surface area contributed by atoms with E-state index in [2.05, 4.69) is 25.3 Å². The van der Waals surface area contributed by atoms with Gasteiger partial charge < -0.3 is 10.1 Å². The number of ether oxygens (including phenoxy) is 1. The van der Waals surface area contributed by atoms with Crippen molar-refractivity contribution in [2.45, 2.75) is 5.16 Å². The minimum atomic E-state index is -3.57. The van der Waals surface area contributed by atoms with Crippen molar-refractivity contribution >= 4 is 44.0 Å². The first-order valence-corrected chi connectivity index (χ1v) is 10.6. The molecule has 10 heteroatoms. The van der Waals surface area contributed by atoms with Crippen LogP contribution in [0.3, 0.4) is 0 Å². The molecule has 4 rings (SSSR count). The lowest BCUT2D eigenvalue weighted by molar-refractivity contribution is 0.483. The van der Waals surface area contributed by atoms with E-state index < -0.39 is 9.84 Å². The SMILES string of the molecule is CS(=O)(=O)c1ncc2ncnc(Nc3ccc(Oc4ccccc4)c(Cl)c3)c2n1. The van der Waals surface area contributed by atoms with Crippen LogP contribution >= 0.6 is 11.6 Å². The Morgan fingerprint density at radius 1 is 1.03 bits per heavy atom. The molecular weight excluding hydrogens is 414 g/mol. The van der Waals surface area contributed by atoms with Gasteiger partial charge in [-0.15, -0.1) is 0 Å². The molecule has 0 saturated heterocycles. The van der Waals surface area contributed by atoms with Gasteiger partial charge in [0, 0.05) is 11.9 Å². The smallest absolute Gasteiger partial charge is 0.247 e. The van der Waals surface area contributed by atoms with Crippen molar-refractivity contribution in [2.24, 2.45) is 0 Å². The van der Waals surface area contributed by atoms with Gasteiger partial charge in [-0.05, 0) is 30.3 Å². The lowest BCUT2D eigenvalue weighted by Crippen LogP contribution is -2.06. The summed E-state index contributed by atoms with van der Waals surface area (Å²) < 4.78 is 29.3. The third kappa shape index (κ3) is 4.25. The van der Waals surface area contributed by atoms with E-state index in [1.54, 1.807) is 18.2 Å². The molecule has 0 bridgehead atoms. The fourth-order valence-electron chi connectivity index (χ4n) is 2.52. The van der Waals surface area contributed by atoms with E-state index >= 15 is 0 Å². The minimum Gasteiger partial charge on any atom is -0.456 e. The average Bonchev–Trinajstić information content (AvgIpc) is 2.70. The number of hydrogen-bond donors (Lipinski definition) is 1. The van der Waals surface area contributed by atoms with Gasteiger partial charge in [0.25, 0.3) is 0 Å². The predicted octanol–water partition coefficient (Wildman–Crippen LogP) is 4.01. The average molecular weight is 428 g/mol. The van der Waals surface area contributed by atoms with Gasteiger partial charge >= 0.3 is 0 Å². The third-order valence-corrected chi connectivity index (χ3v) is 5.01. The summed E-state index contributed by atoms with van der Waals surface area (Å²) in [6.45, 7) is 0. The number of para-hydroxylation sites is 1. The van der Waals surface area contributed by atoms with E-state index in [0.717, 1.165) is 6.26 Å². The third-order valence-electron chi connectivity index (χ3n) is 3.85. The second kappa shape index (κ2) is 7.61. The minimum absolute atomic E-state index is 0.281. The van der Waals surface area contributed by atoms with Crippen LogP contribution in [0.25, 0.3) is 11.0 Å². The zero-order chi connectivity index (χ0) is 20.4. The van der Waals surface area contributed by atoms with Crippen LogP contribution in [0.5, 0.6) is 11.5 Å². The van der Waals surface area contributed by atoms with Crippen LogP contribution in [-0.2, 0) is 9.84 Å². The molecule has 2 aromatic heterocycles. The van der Waals surface area contributed by atoms with Crippen LogP contribution in [0.1, 0.15) is 0 Å². The normalized spacial score (nSPS) is 11.4. The Hall–Kier alpha value is -3.30. The molecule has 0 spiro atoms. The number of nitrogens with one attached hydrogen (secondary N) is 1. The second-order valence-electron chi connectivity index (χ2n) is 6.07. The summed E-state index contributed by atoms with van der Waals surface area (Å²) in [6.07, 6.45) is 3.72. The number of sulfone groups is 1. The number of aromatic nitrogens is 4. The molecule has 8 nitrogen and oxygen atoms in total. The summed E-state index contributed by atoms with van der Waals surface area (Å²) in [6, 6.07) is 14.4. The molecule has 2 aromatic carbocycles. The maximum Gasteiger partial charge on any atom is 0.247 e. The largest absolute Gasteiger partial charge is 0.456 e. The predicted molar refractivity (Wildman–Crippen MR) is 109 cm³/mol. The van der Waals surface area contributed by atoms with Crippen molar-refractivity contribution in [3.05, 3.63) is 66.1 Å². The Balaban J connectivity index is 1.65. The van der Waals surface area contributed by atoms with Crippen molar-refractivity contribution in [1.82, 2.24) is 19.9 Å². The van der Waals surface area contributed by atoms with E-state index in [1.165, 1.54) is 12.5 Å². The van der Waals surface area contributed by atoms with E-state index in [-0.39, 0.29) is 10.7 Å². The first-order chi connectivity index (χ1) is 13.9. The molecule has 0 saturated carbocycles. The molecule has 0 aliphatic heterocycles.